The zero-order valence-electron chi connectivity index (χ0n) is 16.4. The Labute approximate surface area is 172 Å². The first-order valence-electron chi connectivity index (χ1n) is 9.72. The minimum Gasteiger partial charge on any atom is -0.496 e. The van der Waals surface area contributed by atoms with Gasteiger partial charge in [-0.1, -0.05) is 6.07 Å². The van der Waals surface area contributed by atoms with Crippen molar-refractivity contribution in [2.45, 2.75) is 24.9 Å². The molecule has 2 aromatic carbocycles. The fraction of sp³-hybridized carbons (Fsp3) is 0.273. The van der Waals surface area contributed by atoms with Crippen LogP contribution < -0.4 is 15.4 Å². The van der Waals surface area contributed by atoms with Gasteiger partial charge in [0.05, 0.1) is 19.3 Å². The molecule has 1 aliphatic rings. The Kier molecular flexibility index (Phi) is 5.76. The van der Waals surface area contributed by atoms with Crippen LogP contribution in [0.15, 0.2) is 48.8 Å². The van der Waals surface area contributed by atoms with Gasteiger partial charge in [-0.15, -0.1) is 0 Å². The Balaban J connectivity index is 1.51. The number of aromatic nitrogens is 2. The van der Waals surface area contributed by atoms with Gasteiger partial charge in [-0.3, -0.25) is 9.89 Å². The second kappa shape index (κ2) is 8.62. The van der Waals surface area contributed by atoms with Crippen molar-refractivity contribution >= 4 is 5.91 Å². The van der Waals surface area contributed by atoms with Gasteiger partial charge in [0.25, 0.3) is 5.91 Å². The molecule has 1 saturated carbocycles. The summed E-state index contributed by atoms with van der Waals surface area (Å²) >= 11 is 0. The molecule has 3 aromatic rings. The quantitative estimate of drug-likeness (QED) is 0.528. The summed E-state index contributed by atoms with van der Waals surface area (Å²) < 4.78 is 34.0. The molecule has 1 heterocycles. The maximum atomic E-state index is 14.3. The molecule has 30 heavy (non-hydrogen) atoms. The van der Waals surface area contributed by atoms with E-state index >= 15 is 0 Å². The molecule has 1 aromatic heterocycles. The maximum absolute atomic E-state index is 14.3. The lowest BCUT2D eigenvalue weighted by Crippen LogP contribution is -2.37. The van der Waals surface area contributed by atoms with Crippen molar-refractivity contribution in [2.24, 2.45) is 0 Å². The van der Waals surface area contributed by atoms with Crippen LogP contribution in [0.2, 0.25) is 0 Å². The minimum absolute atomic E-state index is 0.0545. The van der Waals surface area contributed by atoms with Crippen LogP contribution in [0, 0.1) is 11.6 Å². The van der Waals surface area contributed by atoms with Crippen LogP contribution in [-0.4, -0.2) is 35.8 Å². The van der Waals surface area contributed by atoms with Crippen LogP contribution in [-0.2, 0) is 0 Å². The molecule has 3 N–H and O–H groups in total. The van der Waals surface area contributed by atoms with E-state index in [0.717, 1.165) is 24.0 Å². The highest BCUT2D eigenvalue weighted by Crippen LogP contribution is 2.30. The first-order chi connectivity index (χ1) is 14.6. The van der Waals surface area contributed by atoms with E-state index in [1.807, 2.05) is 0 Å². The number of amides is 1. The van der Waals surface area contributed by atoms with Crippen LogP contribution in [0.5, 0.6) is 5.75 Å². The minimum atomic E-state index is -0.658. The number of nitrogens with one attached hydrogen (secondary N) is 3. The summed E-state index contributed by atoms with van der Waals surface area (Å²) in [6.07, 6.45) is 5.30. The molecule has 0 bridgehead atoms. The normalized spacial score (nSPS) is 14.4. The number of hydrogen-bond acceptors (Lipinski definition) is 4. The SMILES string of the molecule is COc1cc(C(=O)NCC(NC2CC2)c2c(F)cccc2F)ccc1-c1cn[nH]c1. The van der Waals surface area contributed by atoms with E-state index in [2.05, 4.69) is 20.8 Å². The van der Waals surface area contributed by atoms with Crippen LogP contribution in [0.4, 0.5) is 8.78 Å². The molecule has 6 nitrogen and oxygen atoms in total. The number of carbonyl (C=O) groups excluding carboxylic acids is 1. The first kappa shape index (κ1) is 20.0. The lowest BCUT2D eigenvalue weighted by atomic mass is 10.0. The fourth-order valence-electron chi connectivity index (χ4n) is 3.39. The van der Waals surface area contributed by atoms with Crippen molar-refractivity contribution < 1.29 is 18.3 Å². The Bertz CT molecular complexity index is 1020. The van der Waals surface area contributed by atoms with Crippen LogP contribution in [0.25, 0.3) is 11.1 Å². The highest BCUT2D eigenvalue weighted by molar-refractivity contribution is 5.95. The van der Waals surface area contributed by atoms with E-state index < -0.39 is 17.7 Å². The predicted molar refractivity (Wildman–Crippen MR) is 108 cm³/mol. The maximum Gasteiger partial charge on any atom is 0.251 e. The number of hydrogen-bond donors (Lipinski definition) is 3. The second-order valence-electron chi connectivity index (χ2n) is 7.24. The van der Waals surface area contributed by atoms with Crippen LogP contribution >= 0.6 is 0 Å². The van der Waals surface area contributed by atoms with E-state index in [1.165, 1.54) is 25.3 Å². The lowest BCUT2D eigenvalue weighted by molar-refractivity contribution is 0.0948. The van der Waals surface area contributed by atoms with Crippen LogP contribution in [0.3, 0.4) is 0 Å². The number of methoxy groups -OCH3 is 1. The Hall–Kier alpha value is -3.26. The molecule has 156 valence electrons. The zero-order chi connectivity index (χ0) is 21.1. The lowest BCUT2D eigenvalue weighted by Gasteiger charge is -2.21. The highest BCUT2D eigenvalue weighted by atomic mass is 19.1. The summed E-state index contributed by atoms with van der Waals surface area (Å²) in [5, 5.41) is 12.7. The molecule has 1 amide bonds. The Morgan fingerprint density at radius 3 is 2.67 bits per heavy atom. The van der Waals surface area contributed by atoms with Gasteiger partial charge >= 0.3 is 0 Å². The van der Waals surface area contributed by atoms with Gasteiger partial charge in [0, 0.05) is 41.0 Å². The average molecular weight is 412 g/mol. The summed E-state index contributed by atoms with van der Waals surface area (Å²) in [5.74, 6) is -1.09. The van der Waals surface area contributed by atoms with Crippen molar-refractivity contribution in [1.29, 1.82) is 0 Å². The van der Waals surface area contributed by atoms with Crippen molar-refractivity contribution in [3.05, 3.63) is 71.6 Å². The molecule has 0 radical (unpaired) electrons. The standard InChI is InChI=1S/C22H22F2N4O2/c1-30-20-9-13(5-8-16(20)14-10-26-27-11-14)22(29)25-12-19(28-15-6-7-15)21-17(23)3-2-4-18(21)24/h2-5,8-11,15,19,28H,6-7,12H2,1H3,(H,25,29)(H,26,27). The number of carbonyl (C=O) groups is 1. The number of H-pyrrole nitrogens is 1. The topological polar surface area (TPSA) is 79.0 Å². The van der Waals surface area contributed by atoms with E-state index in [-0.39, 0.29) is 24.1 Å². The van der Waals surface area contributed by atoms with Gasteiger partial charge in [0.15, 0.2) is 0 Å². The van der Waals surface area contributed by atoms with Gasteiger partial charge < -0.3 is 15.4 Å². The molecule has 0 spiro atoms. The van der Waals surface area contributed by atoms with Crippen molar-refractivity contribution in [1.82, 2.24) is 20.8 Å². The molecule has 4 rings (SSSR count). The smallest absolute Gasteiger partial charge is 0.251 e. The molecule has 1 fully saturated rings. The summed E-state index contributed by atoms with van der Waals surface area (Å²) in [4.78, 5) is 12.7. The van der Waals surface area contributed by atoms with E-state index in [9.17, 15) is 13.6 Å². The number of ether oxygens (including phenoxy) is 1. The summed E-state index contributed by atoms with van der Waals surface area (Å²) in [7, 11) is 1.52. The molecule has 0 aliphatic heterocycles. The number of aromatic amines is 1. The van der Waals surface area contributed by atoms with Crippen LogP contribution in [0.1, 0.15) is 34.8 Å². The highest BCUT2D eigenvalue weighted by Gasteiger charge is 2.29. The molecular formula is C22H22F2N4O2. The molecular weight excluding hydrogens is 390 g/mol. The second-order valence-corrected chi connectivity index (χ2v) is 7.24. The number of halogens is 2. The van der Waals surface area contributed by atoms with Crippen molar-refractivity contribution in [3.8, 4) is 16.9 Å². The molecule has 1 aliphatic carbocycles. The van der Waals surface area contributed by atoms with E-state index in [4.69, 9.17) is 4.74 Å². The summed E-state index contributed by atoms with van der Waals surface area (Å²) in [6.45, 7) is 0.0545. The Morgan fingerprint density at radius 1 is 1.27 bits per heavy atom. The molecule has 1 atom stereocenters. The average Bonchev–Trinajstić information content (AvgIpc) is 3.40. The predicted octanol–water partition coefficient (Wildman–Crippen LogP) is 3.59. The third-order valence-electron chi connectivity index (χ3n) is 5.10. The number of rotatable bonds is 8. The Morgan fingerprint density at radius 2 is 2.03 bits per heavy atom. The third-order valence-corrected chi connectivity index (χ3v) is 5.10. The third kappa shape index (κ3) is 4.33. The molecule has 1 unspecified atom stereocenters. The van der Waals surface area contributed by atoms with Gasteiger partial charge in [-0.2, -0.15) is 5.10 Å². The van der Waals surface area contributed by atoms with Crippen molar-refractivity contribution in [2.75, 3.05) is 13.7 Å². The molecule has 0 saturated heterocycles. The van der Waals surface area contributed by atoms with Gasteiger partial charge in [-0.25, -0.2) is 8.78 Å². The summed E-state index contributed by atoms with van der Waals surface area (Å²) in [6, 6.07) is 8.40. The van der Waals surface area contributed by atoms with Crippen molar-refractivity contribution in [3.63, 3.8) is 0 Å². The summed E-state index contributed by atoms with van der Waals surface area (Å²) in [5.41, 5.74) is 1.96. The van der Waals surface area contributed by atoms with Gasteiger partial charge in [0.2, 0.25) is 0 Å². The van der Waals surface area contributed by atoms with E-state index in [0.29, 0.717) is 11.3 Å². The molecule has 8 heteroatoms. The number of nitrogens with zero attached hydrogens (tertiary/aromatic N) is 1. The largest absolute Gasteiger partial charge is 0.496 e. The van der Waals surface area contributed by atoms with Gasteiger partial charge in [0.1, 0.15) is 17.4 Å². The zero-order valence-corrected chi connectivity index (χ0v) is 16.4. The first-order valence-corrected chi connectivity index (χ1v) is 9.72. The fourth-order valence-corrected chi connectivity index (χ4v) is 3.39. The monoisotopic (exact) mass is 412 g/mol. The van der Waals surface area contributed by atoms with E-state index in [1.54, 1.807) is 30.6 Å². The number of benzene rings is 2. The van der Waals surface area contributed by atoms with Gasteiger partial charge in [-0.05, 0) is 43.2 Å².